The van der Waals surface area contributed by atoms with Crippen LogP contribution in [0.4, 0.5) is 0 Å². The van der Waals surface area contributed by atoms with Gasteiger partial charge in [-0.05, 0) is 42.5 Å². The highest BCUT2D eigenvalue weighted by molar-refractivity contribution is 9.10. The van der Waals surface area contributed by atoms with E-state index in [1.54, 1.807) is 18.2 Å². The van der Waals surface area contributed by atoms with E-state index in [1.165, 1.54) is 12.3 Å². The lowest BCUT2D eigenvalue weighted by Gasteiger charge is -2.06. The Morgan fingerprint density at radius 1 is 1.19 bits per heavy atom. The van der Waals surface area contributed by atoms with Crippen molar-refractivity contribution in [1.82, 2.24) is 5.43 Å². The highest BCUT2D eigenvalue weighted by Crippen LogP contribution is 2.27. The van der Waals surface area contributed by atoms with Crippen LogP contribution >= 0.6 is 39.1 Å². The number of carbonyl (C=O) groups is 1. The summed E-state index contributed by atoms with van der Waals surface area (Å²) >= 11 is 15.2. The topological polar surface area (TPSA) is 63.8 Å². The quantitative estimate of drug-likeness (QED) is 0.382. The van der Waals surface area contributed by atoms with Gasteiger partial charge in [-0.1, -0.05) is 51.3 Å². The van der Waals surface area contributed by atoms with Gasteiger partial charge in [0.1, 0.15) is 17.3 Å². The van der Waals surface area contributed by atoms with Gasteiger partial charge in [-0.15, -0.1) is 0 Å². The minimum Gasteiger partial charge on any atom is -0.482 e. The largest absolute Gasteiger partial charge is 0.482 e. The van der Waals surface area contributed by atoms with E-state index in [9.17, 15) is 4.79 Å². The van der Waals surface area contributed by atoms with Crippen LogP contribution in [0.1, 0.15) is 5.76 Å². The molecule has 1 N–H and O–H groups in total. The zero-order valence-corrected chi connectivity index (χ0v) is 16.9. The van der Waals surface area contributed by atoms with E-state index in [0.717, 1.165) is 10.0 Å². The maximum absolute atomic E-state index is 11.8. The summed E-state index contributed by atoms with van der Waals surface area (Å²) in [5.41, 5.74) is 3.29. The minimum absolute atomic E-state index is 0.236. The molecule has 0 saturated carbocycles. The number of nitrogens with one attached hydrogen (secondary N) is 1. The third kappa shape index (κ3) is 5.60. The maximum Gasteiger partial charge on any atom is 0.277 e. The average Bonchev–Trinajstić information content (AvgIpc) is 3.10. The summed E-state index contributed by atoms with van der Waals surface area (Å²) in [5.74, 6) is 1.14. The average molecular weight is 468 g/mol. The van der Waals surface area contributed by atoms with Crippen LogP contribution in [0.3, 0.4) is 0 Å². The van der Waals surface area contributed by atoms with Gasteiger partial charge in [0.2, 0.25) is 0 Å². The molecule has 138 valence electrons. The SMILES string of the molecule is O=C(COc1ccc(Cl)cc1Cl)N/N=C/c1ccc(-c2cccc(Br)c2)o1. The summed E-state index contributed by atoms with van der Waals surface area (Å²) in [6, 6.07) is 16.1. The number of rotatable bonds is 6. The highest BCUT2D eigenvalue weighted by atomic mass is 79.9. The van der Waals surface area contributed by atoms with Gasteiger partial charge < -0.3 is 9.15 Å². The van der Waals surface area contributed by atoms with Gasteiger partial charge in [0.15, 0.2) is 6.61 Å². The third-order valence-corrected chi connectivity index (χ3v) is 4.39. The van der Waals surface area contributed by atoms with Crippen LogP contribution in [-0.4, -0.2) is 18.7 Å². The van der Waals surface area contributed by atoms with E-state index in [0.29, 0.717) is 27.3 Å². The molecule has 0 spiro atoms. The van der Waals surface area contributed by atoms with Crippen molar-refractivity contribution in [3.63, 3.8) is 0 Å². The van der Waals surface area contributed by atoms with E-state index in [-0.39, 0.29) is 6.61 Å². The molecular weight excluding hydrogens is 455 g/mol. The van der Waals surface area contributed by atoms with Crippen LogP contribution in [0.5, 0.6) is 5.75 Å². The second-order valence-electron chi connectivity index (χ2n) is 5.37. The Morgan fingerprint density at radius 3 is 2.81 bits per heavy atom. The lowest BCUT2D eigenvalue weighted by atomic mass is 10.2. The van der Waals surface area contributed by atoms with E-state index < -0.39 is 5.91 Å². The number of nitrogens with zero attached hydrogens (tertiary/aromatic N) is 1. The molecule has 0 unspecified atom stereocenters. The van der Waals surface area contributed by atoms with Gasteiger partial charge in [-0.2, -0.15) is 5.10 Å². The number of hydrogen-bond acceptors (Lipinski definition) is 4. The fourth-order valence-corrected chi connectivity index (χ4v) is 3.02. The van der Waals surface area contributed by atoms with Gasteiger partial charge in [0.25, 0.3) is 5.91 Å². The Morgan fingerprint density at radius 2 is 2.04 bits per heavy atom. The normalized spacial score (nSPS) is 10.9. The van der Waals surface area contributed by atoms with Gasteiger partial charge in [0.05, 0.1) is 11.2 Å². The molecule has 0 saturated heterocycles. The Kier molecular flexibility index (Phi) is 6.55. The van der Waals surface area contributed by atoms with Gasteiger partial charge in [-0.25, -0.2) is 5.43 Å². The second-order valence-corrected chi connectivity index (χ2v) is 7.13. The molecule has 0 aliphatic rings. The molecular formula is C19H13BrCl2N2O3. The standard InChI is InChI=1S/C19H13BrCl2N2O3/c20-13-3-1-2-12(8-13)17-7-5-15(27-17)10-23-24-19(25)11-26-18-6-4-14(21)9-16(18)22/h1-10H,11H2,(H,24,25)/b23-10+. The van der Waals surface area contributed by atoms with Gasteiger partial charge >= 0.3 is 0 Å². The van der Waals surface area contributed by atoms with Crippen molar-refractivity contribution in [2.45, 2.75) is 0 Å². The monoisotopic (exact) mass is 466 g/mol. The third-order valence-electron chi connectivity index (χ3n) is 3.37. The molecule has 0 aliphatic carbocycles. The summed E-state index contributed by atoms with van der Waals surface area (Å²) in [4.78, 5) is 11.8. The summed E-state index contributed by atoms with van der Waals surface area (Å²) in [6.45, 7) is -0.236. The Bertz CT molecular complexity index is 989. The molecule has 0 aliphatic heterocycles. The zero-order valence-electron chi connectivity index (χ0n) is 13.8. The number of furan rings is 1. The van der Waals surface area contributed by atoms with Crippen molar-refractivity contribution in [3.8, 4) is 17.1 Å². The first-order chi connectivity index (χ1) is 13.0. The molecule has 1 aromatic heterocycles. The number of carbonyl (C=O) groups excluding carboxylic acids is 1. The Hall–Kier alpha value is -2.28. The number of ether oxygens (including phenoxy) is 1. The number of hydrazone groups is 1. The first-order valence-electron chi connectivity index (χ1n) is 7.77. The number of amides is 1. The zero-order chi connectivity index (χ0) is 19.2. The van der Waals surface area contributed by atoms with Gasteiger partial charge in [-0.3, -0.25) is 4.79 Å². The van der Waals surface area contributed by atoms with Gasteiger partial charge in [0, 0.05) is 15.1 Å². The number of benzene rings is 2. The van der Waals surface area contributed by atoms with Crippen molar-refractivity contribution in [2.75, 3.05) is 6.61 Å². The molecule has 0 radical (unpaired) electrons. The highest BCUT2D eigenvalue weighted by Gasteiger charge is 2.07. The van der Waals surface area contributed by atoms with Crippen molar-refractivity contribution >= 4 is 51.3 Å². The fourth-order valence-electron chi connectivity index (χ4n) is 2.15. The van der Waals surface area contributed by atoms with Crippen molar-refractivity contribution in [1.29, 1.82) is 0 Å². The molecule has 1 heterocycles. The predicted octanol–water partition coefficient (Wildman–Crippen LogP) is 5.55. The van der Waals surface area contributed by atoms with E-state index in [2.05, 4.69) is 26.5 Å². The second kappa shape index (κ2) is 9.08. The summed E-state index contributed by atoms with van der Waals surface area (Å²) in [5, 5.41) is 4.67. The fraction of sp³-hybridized carbons (Fsp3) is 0.0526. The van der Waals surface area contributed by atoms with Crippen LogP contribution < -0.4 is 10.2 Å². The van der Waals surface area contributed by atoms with E-state index in [1.807, 2.05) is 30.3 Å². The summed E-state index contributed by atoms with van der Waals surface area (Å²) in [6.07, 6.45) is 1.41. The Balaban J connectivity index is 1.52. The van der Waals surface area contributed by atoms with Crippen molar-refractivity contribution in [3.05, 3.63) is 74.9 Å². The van der Waals surface area contributed by atoms with E-state index >= 15 is 0 Å². The lowest BCUT2D eigenvalue weighted by Crippen LogP contribution is -2.24. The van der Waals surface area contributed by atoms with Crippen LogP contribution in [0.2, 0.25) is 10.0 Å². The van der Waals surface area contributed by atoms with Crippen molar-refractivity contribution < 1.29 is 13.9 Å². The molecule has 2 aromatic carbocycles. The number of hydrogen-bond donors (Lipinski definition) is 1. The molecule has 27 heavy (non-hydrogen) atoms. The van der Waals surface area contributed by atoms with E-state index in [4.69, 9.17) is 32.4 Å². The maximum atomic E-state index is 11.8. The number of halogens is 3. The smallest absolute Gasteiger partial charge is 0.277 e. The molecule has 8 heteroatoms. The first-order valence-corrected chi connectivity index (χ1v) is 9.32. The van der Waals surface area contributed by atoms with Crippen LogP contribution in [0.15, 0.2) is 68.6 Å². The Labute approximate surface area is 174 Å². The predicted molar refractivity (Wildman–Crippen MR) is 110 cm³/mol. The molecule has 3 aromatic rings. The molecule has 0 bridgehead atoms. The van der Waals surface area contributed by atoms with Crippen LogP contribution in [-0.2, 0) is 4.79 Å². The first kappa shape index (κ1) is 19.5. The molecule has 5 nitrogen and oxygen atoms in total. The lowest BCUT2D eigenvalue weighted by molar-refractivity contribution is -0.123. The molecule has 1 amide bonds. The molecule has 3 rings (SSSR count). The summed E-state index contributed by atoms with van der Waals surface area (Å²) in [7, 11) is 0. The minimum atomic E-state index is -0.434. The molecule has 0 atom stereocenters. The van der Waals surface area contributed by atoms with Crippen LogP contribution in [0, 0.1) is 0 Å². The van der Waals surface area contributed by atoms with Crippen molar-refractivity contribution in [2.24, 2.45) is 5.10 Å². The summed E-state index contributed by atoms with van der Waals surface area (Å²) < 4.78 is 12.0. The molecule has 0 fully saturated rings. The van der Waals surface area contributed by atoms with Crippen LogP contribution in [0.25, 0.3) is 11.3 Å².